The fourth-order valence-electron chi connectivity index (χ4n) is 4.67. The minimum atomic E-state index is -0.896. The number of aliphatic carboxylic acids is 1. The smallest absolute Gasteiger partial charge is 0.411 e. The van der Waals surface area contributed by atoms with Crippen LogP contribution in [-0.4, -0.2) is 36.2 Å². The molecule has 2 atom stereocenters. The van der Waals surface area contributed by atoms with Crippen LogP contribution in [-0.2, 0) is 9.53 Å². The van der Waals surface area contributed by atoms with Crippen LogP contribution < -0.4 is 10.6 Å². The van der Waals surface area contributed by atoms with Gasteiger partial charge in [0.25, 0.3) is 5.91 Å². The maximum Gasteiger partial charge on any atom is 0.411 e. The third-order valence-electron chi connectivity index (χ3n) is 6.59. The van der Waals surface area contributed by atoms with E-state index in [0.29, 0.717) is 6.42 Å². The highest BCUT2D eigenvalue weighted by atomic mass is 19.1. The Morgan fingerprint density at radius 1 is 0.943 bits per heavy atom. The summed E-state index contributed by atoms with van der Waals surface area (Å²) in [6.45, 7) is 0.213. The van der Waals surface area contributed by atoms with Crippen molar-refractivity contribution in [3.8, 4) is 11.1 Å². The van der Waals surface area contributed by atoms with Gasteiger partial charge in [-0.15, -0.1) is 0 Å². The zero-order valence-corrected chi connectivity index (χ0v) is 18.7. The second-order valence-electron chi connectivity index (χ2n) is 8.76. The molecule has 2 aliphatic rings. The first-order valence-electron chi connectivity index (χ1n) is 11.4. The zero-order valence-electron chi connectivity index (χ0n) is 18.7. The molecule has 0 saturated heterocycles. The van der Waals surface area contributed by atoms with Crippen LogP contribution in [0.1, 0.15) is 33.8 Å². The van der Waals surface area contributed by atoms with Gasteiger partial charge < -0.3 is 15.2 Å². The molecule has 0 bridgehead atoms. The fourth-order valence-corrected chi connectivity index (χ4v) is 4.67. The topological polar surface area (TPSA) is 105 Å². The first-order valence-corrected chi connectivity index (χ1v) is 11.4. The van der Waals surface area contributed by atoms with Crippen molar-refractivity contribution in [2.45, 2.75) is 12.3 Å². The second kappa shape index (κ2) is 9.21. The molecule has 2 amide bonds. The molecule has 0 radical (unpaired) electrons. The average Bonchev–Trinajstić information content (AvgIpc) is 3.58. The van der Waals surface area contributed by atoms with Gasteiger partial charge in [-0.25, -0.2) is 9.18 Å². The lowest BCUT2D eigenvalue weighted by Crippen LogP contribution is -2.28. The van der Waals surface area contributed by atoms with Gasteiger partial charge in [0.15, 0.2) is 0 Å². The minimum Gasteiger partial charge on any atom is -0.481 e. The molecule has 0 spiro atoms. The summed E-state index contributed by atoms with van der Waals surface area (Å²) < 4.78 is 20.0. The molecule has 35 heavy (non-hydrogen) atoms. The number of carboxylic acid groups (broad SMARTS) is 1. The lowest BCUT2D eigenvalue weighted by Gasteiger charge is -2.16. The summed E-state index contributed by atoms with van der Waals surface area (Å²) in [5.74, 6) is -3.05. The molecule has 1 saturated carbocycles. The first kappa shape index (κ1) is 22.6. The van der Waals surface area contributed by atoms with Crippen molar-refractivity contribution in [3.05, 3.63) is 89.2 Å². The van der Waals surface area contributed by atoms with Crippen LogP contribution in [0.5, 0.6) is 0 Å². The van der Waals surface area contributed by atoms with Crippen molar-refractivity contribution in [1.82, 2.24) is 5.32 Å². The Kier molecular flexibility index (Phi) is 5.94. The van der Waals surface area contributed by atoms with Crippen molar-refractivity contribution < 1.29 is 28.6 Å². The average molecular weight is 474 g/mol. The van der Waals surface area contributed by atoms with Crippen LogP contribution in [0.15, 0.2) is 66.7 Å². The largest absolute Gasteiger partial charge is 0.481 e. The third kappa shape index (κ3) is 4.47. The quantitative estimate of drug-likeness (QED) is 0.463. The number of nitrogens with one attached hydrogen (secondary N) is 2. The van der Waals surface area contributed by atoms with E-state index in [1.54, 1.807) is 0 Å². The van der Waals surface area contributed by atoms with E-state index in [1.807, 2.05) is 48.5 Å². The van der Waals surface area contributed by atoms with Crippen LogP contribution in [0, 0.1) is 17.7 Å². The Bertz CT molecular complexity index is 1280. The van der Waals surface area contributed by atoms with Crippen LogP contribution in [0.4, 0.5) is 14.9 Å². The molecule has 3 aromatic rings. The number of carboxylic acids is 1. The van der Waals surface area contributed by atoms with Gasteiger partial charge >= 0.3 is 12.1 Å². The number of para-hydroxylation sites is 1. The number of carbonyl (C=O) groups is 3. The zero-order chi connectivity index (χ0) is 24.5. The summed E-state index contributed by atoms with van der Waals surface area (Å²) in [5, 5.41) is 14.0. The van der Waals surface area contributed by atoms with Crippen molar-refractivity contribution in [2.75, 3.05) is 18.5 Å². The standard InChI is InChI=1S/C27H23FN2O5/c28-23-11-5-10-20(25(31)29-13-15-12-21(15)26(32)33)24(23)30-27(34)35-14-22-18-8-3-1-6-16(18)17-7-2-4-9-19(17)22/h1-11,15,21-22H,12-14H2,(H,29,31)(H,30,34)(H,32,33)/t15-,21-/m1/s1. The first-order chi connectivity index (χ1) is 16.9. The number of hydrogen-bond donors (Lipinski definition) is 3. The van der Waals surface area contributed by atoms with E-state index in [9.17, 15) is 18.8 Å². The predicted octanol–water partition coefficient (Wildman–Crippen LogP) is 4.64. The Balaban J connectivity index is 1.25. The highest BCUT2D eigenvalue weighted by molar-refractivity contribution is 6.02. The lowest BCUT2D eigenvalue weighted by atomic mass is 9.98. The van der Waals surface area contributed by atoms with Crippen molar-refractivity contribution in [1.29, 1.82) is 0 Å². The van der Waals surface area contributed by atoms with Crippen LogP contribution in [0.2, 0.25) is 0 Å². The summed E-state index contributed by atoms with van der Waals surface area (Å²) in [5.41, 5.74) is 3.93. The van der Waals surface area contributed by atoms with Crippen molar-refractivity contribution >= 4 is 23.7 Å². The maximum absolute atomic E-state index is 14.6. The SMILES string of the molecule is O=C(Nc1c(F)cccc1C(=O)NC[C@H]1C[C@H]1C(=O)O)OCC1c2ccccc2-c2ccccc21. The van der Waals surface area contributed by atoms with E-state index in [4.69, 9.17) is 9.84 Å². The van der Waals surface area contributed by atoms with Crippen LogP contribution in [0.3, 0.4) is 0 Å². The molecule has 0 heterocycles. The van der Waals surface area contributed by atoms with Gasteiger partial charge in [0.1, 0.15) is 12.4 Å². The van der Waals surface area contributed by atoms with Gasteiger partial charge in [0.05, 0.1) is 17.2 Å². The highest BCUT2D eigenvalue weighted by Gasteiger charge is 2.43. The van der Waals surface area contributed by atoms with Gasteiger partial charge in [-0.2, -0.15) is 0 Å². The van der Waals surface area contributed by atoms with Gasteiger partial charge in [0, 0.05) is 12.5 Å². The summed E-state index contributed by atoms with van der Waals surface area (Å²) in [6.07, 6.45) is -0.386. The molecule has 1 fully saturated rings. The van der Waals surface area contributed by atoms with E-state index in [2.05, 4.69) is 10.6 Å². The number of amides is 2. The Morgan fingerprint density at radius 2 is 1.60 bits per heavy atom. The predicted molar refractivity (Wildman–Crippen MR) is 127 cm³/mol. The Hall–Kier alpha value is -4.20. The summed E-state index contributed by atoms with van der Waals surface area (Å²) in [4.78, 5) is 36.2. The number of rotatable bonds is 7. The minimum absolute atomic E-state index is 0.0497. The summed E-state index contributed by atoms with van der Waals surface area (Å²) in [7, 11) is 0. The Labute approximate surface area is 200 Å². The molecule has 178 valence electrons. The molecule has 5 rings (SSSR count). The fraction of sp³-hybridized carbons (Fsp3) is 0.222. The van der Waals surface area contributed by atoms with E-state index >= 15 is 0 Å². The highest BCUT2D eigenvalue weighted by Crippen LogP contribution is 2.44. The summed E-state index contributed by atoms with van der Waals surface area (Å²) in [6, 6.07) is 19.7. The Morgan fingerprint density at radius 3 is 2.23 bits per heavy atom. The molecule has 0 unspecified atom stereocenters. The molecule has 2 aliphatic carbocycles. The van der Waals surface area contributed by atoms with Crippen molar-refractivity contribution in [3.63, 3.8) is 0 Å². The molecule has 8 heteroatoms. The molecule has 0 aliphatic heterocycles. The maximum atomic E-state index is 14.6. The molecule has 7 nitrogen and oxygen atoms in total. The van der Waals surface area contributed by atoms with E-state index in [0.717, 1.165) is 28.3 Å². The molecular formula is C27H23FN2O5. The number of benzene rings is 3. The van der Waals surface area contributed by atoms with E-state index in [1.165, 1.54) is 12.1 Å². The monoisotopic (exact) mass is 474 g/mol. The number of halogens is 1. The molecule has 3 aromatic carbocycles. The van der Waals surface area contributed by atoms with Gasteiger partial charge in [-0.1, -0.05) is 54.6 Å². The lowest BCUT2D eigenvalue weighted by molar-refractivity contribution is -0.138. The van der Waals surface area contributed by atoms with E-state index < -0.39 is 29.7 Å². The van der Waals surface area contributed by atoms with Gasteiger partial charge in [-0.05, 0) is 46.7 Å². The van der Waals surface area contributed by atoms with E-state index in [-0.39, 0.29) is 36.2 Å². The third-order valence-corrected chi connectivity index (χ3v) is 6.59. The van der Waals surface area contributed by atoms with Crippen molar-refractivity contribution in [2.24, 2.45) is 11.8 Å². The second-order valence-corrected chi connectivity index (χ2v) is 8.76. The summed E-state index contributed by atoms with van der Waals surface area (Å²) >= 11 is 0. The van der Waals surface area contributed by atoms with Gasteiger partial charge in [0.2, 0.25) is 0 Å². The molecule has 0 aromatic heterocycles. The molecule has 3 N–H and O–H groups in total. The van der Waals surface area contributed by atoms with Crippen LogP contribution >= 0.6 is 0 Å². The van der Waals surface area contributed by atoms with Gasteiger partial charge in [-0.3, -0.25) is 14.9 Å². The number of anilines is 1. The number of fused-ring (bicyclic) bond motifs is 3. The number of ether oxygens (including phenoxy) is 1. The van der Waals surface area contributed by atoms with Crippen LogP contribution in [0.25, 0.3) is 11.1 Å². The molecular weight excluding hydrogens is 451 g/mol. The normalized spacial score (nSPS) is 17.7. The number of carbonyl (C=O) groups excluding carboxylic acids is 2. The number of hydrogen-bond acceptors (Lipinski definition) is 4.